The summed E-state index contributed by atoms with van der Waals surface area (Å²) in [5.74, 6) is 0. The van der Waals surface area contributed by atoms with E-state index in [2.05, 4.69) is 48.5 Å². The Labute approximate surface area is 97.9 Å². The van der Waals surface area contributed by atoms with Gasteiger partial charge in [0.05, 0.1) is 8.15 Å². The van der Waals surface area contributed by atoms with E-state index in [1.807, 2.05) is 12.1 Å². The Bertz CT molecular complexity index is 413. The van der Waals surface area contributed by atoms with Gasteiger partial charge in [0.1, 0.15) is 0 Å². The summed E-state index contributed by atoms with van der Waals surface area (Å²) in [7, 11) is 1.26. The molecule has 0 aliphatic rings. The molecule has 1 atom stereocenters. The number of rotatable bonds is 4. The molecule has 1 nitrogen and oxygen atoms in total. The lowest BCUT2D eigenvalue weighted by molar-refractivity contribution is 0.467. The zero-order valence-electron chi connectivity index (χ0n) is 9.34. The second kappa shape index (κ2) is 5.79. The lowest BCUT2D eigenvalue weighted by Crippen LogP contribution is -2.02. The third kappa shape index (κ3) is 2.91. The van der Waals surface area contributed by atoms with Crippen molar-refractivity contribution in [3.63, 3.8) is 0 Å². The zero-order valence-corrected chi connectivity index (χ0v) is 10.2. The molecule has 0 heterocycles. The third-order valence-corrected chi connectivity index (χ3v) is 4.40. The Balaban J connectivity index is 2.13. The zero-order chi connectivity index (χ0) is 11.2. The molecule has 2 heteroatoms. The van der Waals surface area contributed by atoms with Gasteiger partial charge in [0.25, 0.3) is 0 Å². The molecular weight excluding hydrogens is 215 g/mol. The number of benzene rings is 2. The van der Waals surface area contributed by atoms with Crippen LogP contribution >= 0.6 is 8.15 Å². The number of hydrogen-bond donors (Lipinski definition) is 0. The standard InChI is InChI=1S/C14H15OP/c1-15-16(14-10-6-3-7-11-14)12-13-8-4-2-5-9-13/h2-11H,12H2,1H3. The highest BCUT2D eigenvalue weighted by atomic mass is 31.1. The predicted octanol–water partition coefficient (Wildman–Crippen LogP) is 3.56. The minimum Gasteiger partial charge on any atom is -0.357 e. The van der Waals surface area contributed by atoms with Gasteiger partial charge in [-0.1, -0.05) is 60.7 Å². The minimum absolute atomic E-state index is 0.530. The van der Waals surface area contributed by atoms with Crippen LogP contribution in [-0.2, 0) is 10.7 Å². The molecule has 0 aliphatic heterocycles. The van der Waals surface area contributed by atoms with Gasteiger partial charge in [-0.2, -0.15) is 0 Å². The lowest BCUT2D eigenvalue weighted by atomic mass is 10.2. The maximum Gasteiger partial charge on any atom is 0.0644 e. The molecule has 2 aromatic rings. The average Bonchev–Trinajstić information content (AvgIpc) is 2.38. The fourth-order valence-electron chi connectivity index (χ4n) is 1.60. The molecule has 0 aliphatic carbocycles. The second-order valence-corrected chi connectivity index (χ2v) is 5.50. The summed E-state index contributed by atoms with van der Waals surface area (Å²) in [5.41, 5.74) is 1.33. The van der Waals surface area contributed by atoms with E-state index in [0.29, 0.717) is 0 Å². The second-order valence-electron chi connectivity index (χ2n) is 3.54. The Morgan fingerprint density at radius 1 is 0.875 bits per heavy atom. The SMILES string of the molecule is COP(Cc1ccccc1)c1ccccc1. The van der Waals surface area contributed by atoms with Gasteiger partial charge in [-0.15, -0.1) is 0 Å². The van der Waals surface area contributed by atoms with Crippen molar-refractivity contribution in [3.8, 4) is 0 Å². The first-order valence-electron chi connectivity index (χ1n) is 5.31. The summed E-state index contributed by atoms with van der Waals surface area (Å²) >= 11 is 0. The van der Waals surface area contributed by atoms with Crippen molar-refractivity contribution in [3.05, 3.63) is 66.2 Å². The topological polar surface area (TPSA) is 9.23 Å². The quantitative estimate of drug-likeness (QED) is 0.730. The van der Waals surface area contributed by atoms with Crippen molar-refractivity contribution >= 4 is 13.5 Å². The molecule has 0 spiro atoms. The summed E-state index contributed by atoms with van der Waals surface area (Å²) in [6, 6.07) is 20.9. The monoisotopic (exact) mass is 230 g/mol. The summed E-state index contributed by atoms with van der Waals surface area (Å²) < 4.78 is 5.61. The molecule has 1 unspecified atom stereocenters. The van der Waals surface area contributed by atoms with Gasteiger partial charge >= 0.3 is 0 Å². The van der Waals surface area contributed by atoms with Crippen LogP contribution in [0.4, 0.5) is 0 Å². The molecule has 0 bridgehead atoms. The highest BCUT2D eigenvalue weighted by molar-refractivity contribution is 7.60. The van der Waals surface area contributed by atoms with Crippen molar-refractivity contribution in [1.29, 1.82) is 0 Å². The summed E-state index contributed by atoms with van der Waals surface area (Å²) in [4.78, 5) is 0. The van der Waals surface area contributed by atoms with E-state index in [0.717, 1.165) is 6.16 Å². The fraction of sp³-hybridized carbons (Fsp3) is 0.143. The van der Waals surface area contributed by atoms with Crippen LogP contribution in [0.25, 0.3) is 0 Å². The summed E-state index contributed by atoms with van der Waals surface area (Å²) in [6.45, 7) is 0. The maximum absolute atomic E-state index is 5.61. The van der Waals surface area contributed by atoms with E-state index in [4.69, 9.17) is 4.52 Å². The molecule has 16 heavy (non-hydrogen) atoms. The normalized spacial score (nSPS) is 12.3. The minimum atomic E-state index is -0.530. The Kier molecular flexibility index (Phi) is 4.10. The molecule has 0 N–H and O–H groups in total. The van der Waals surface area contributed by atoms with Crippen molar-refractivity contribution < 1.29 is 4.52 Å². The summed E-state index contributed by atoms with van der Waals surface area (Å²) in [5, 5.41) is 1.30. The Morgan fingerprint density at radius 3 is 2.00 bits per heavy atom. The van der Waals surface area contributed by atoms with Crippen LogP contribution in [0, 0.1) is 0 Å². The highest BCUT2D eigenvalue weighted by Gasteiger charge is 2.10. The van der Waals surface area contributed by atoms with Crippen molar-refractivity contribution in [2.75, 3.05) is 7.11 Å². The van der Waals surface area contributed by atoms with Crippen LogP contribution in [0.1, 0.15) is 5.56 Å². The maximum atomic E-state index is 5.61. The van der Waals surface area contributed by atoms with Gasteiger partial charge in [0, 0.05) is 18.6 Å². The van der Waals surface area contributed by atoms with Crippen molar-refractivity contribution in [2.45, 2.75) is 6.16 Å². The Morgan fingerprint density at radius 2 is 1.44 bits per heavy atom. The van der Waals surface area contributed by atoms with Crippen LogP contribution in [-0.4, -0.2) is 7.11 Å². The molecular formula is C14H15OP. The van der Waals surface area contributed by atoms with Crippen molar-refractivity contribution in [1.82, 2.24) is 0 Å². The van der Waals surface area contributed by atoms with Gasteiger partial charge < -0.3 is 4.52 Å². The van der Waals surface area contributed by atoms with Gasteiger partial charge in [0.15, 0.2) is 0 Å². The third-order valence-electron chi connectivity index (χ3n) is 2.43. The van der Waals surface area contributed by atoms with E-state index in [9.17, 15) is 0 Å². The fourth-order valence-corrected chi connectivity index (χ4v) is 3.17. The van der Waals surface area contributed by atoms with Crippen LogP contribution in [0.15, 0.2) is 60.7 Å². The van der Waals surface area contributed by atoms with Gasteiger partial charge in [-0.05, 0) is 5.56 Å². The first-order chi connectivity index (χ1) is 7.90. The highest BCUT2D eigenvalue weighted by Crippen LogP contribution is 2.38. The molecule has 0 aromatic heterocycles. The van der Waals surface area contributed by atoms with E-state index in [1.54, 1.807) is 7.11 Å². The summed E-state index contributed by atoms with van der Waals surface area (Å²) in [6.07, 6.45) is 0.983. The van der Waals surface area contributed by atoms with Crippen LogP contribution in [0.5, 0.6) is 0 Å². The molecule has 0 saturated heterocycles. The van der Waals surface area contributed by atoms with E-state index in [1.165, 1.54) is 10.9 Å². The number of hydrogen-bond acceptors (Lipinski definition) is 1. The molecule has 2 aromatic carbocycles. The molecule has 0 radical (unpaired) electrons. The van der Waals surface area contributed by atoms with E-state index in [-0.39, 0.29) is 0 Å². The first kappa shape index (κ1) is 11.3. The first-order valence-corrected chi connectivity index (χ1v) is 6.75. The molecule has 2 rings (SSSR count). The van der Waals surface area contributed by atoms with Crippen LogP contribution in [0.3, 0.4) is 0 Å². The smallest absolute Gasteiger partial charge is 0.0644 e. The molecule has 0 amide bonds. The van der Waals surface area contributed by atoms with E-state index >= 15 is 0 Å². The van der Waals surface area contributed by atoms with E-state index < -0.39 is 8.15 Å². The van der Waals surface area contributed by atoms with Gasteiger partial charge in [-0.3, -0.25) is 0 Å². The predicted molar refractivity (Wildman–Crippen MR) is 70.2 cm³/mol. The molecule has 82 valence electrons. The van der Waals surface area contributed by atoms with Crippen LogP contribution in [0.2, 0.25) is 0 Å². The largest absolute Gasteiger partial charge is 0.357 e. The molecule has 0 saturated carbocycles. The van der Waals surface area contributed by atoms with Gasteiger partial charge in [-0.25, -0.2) is 0 Å². The Hall–Kier alpha value is -1.17. The molecule has 0 fully saturated rings. The van der Waals surface area contributed by atoms with Gasteiger partial charge in [0.2, 0.25) is 0 Å². The van der Waals surface area contributed by atoms with Crippen LogP contribution < -0.4 is 5.30 Å². The lowest BCUT2D eigenvalue weighted by Gasteiger charge is -2.15. The van der Waals surface area contributed by atoms with Crippen molar-refractivity contribution in [2.24, 2.45) is 0 Å². The average molecular weight is 230 g/mol.